The number of hydrogen-bond donors (Lipinski definition) is 0. The fourth-order valence-corrected chi connectivity index (χ4v) is 3.08. The van der Waals surface area contributed by atoms with E-state index < -0.39 is 21.0 Å². The first-order valence-corrected chi connectivity index (χ1v) is 7.76. The number of benzene rings is 2. The molecule has 2 aromatic carbocycles. The third-order valence-corrected chi connectivity index (χ3v) is 4.26. The quantitative estimate of drug-likeness (QED) is 0.461. The fraction of sp³-hybridized carbons (Fsp3) is 0.143. The zero-order chi connectivity index (χ0) is 16.1. The Kier molecular flexibility index (Phi) is 5.08. The molecule has 0 saturated heterocycles. The molecule has 114 valence electrons. The van der Waals surface area contributed by atoms with Crippen LogP contribution in [-0.2, 0) is 22.7 Å². The first kappa shape index (κ1) is 15.9. The second-order valence-corrected chi connectivity index (χ2v) is 6.03. The Hall–Kier alpha value is -2.45. The topological polar surface area (TPSA) is 109 Å². The van der Waals surface area contributed by atoms with Gasteiger partial charge in [-0.1, -0.05) is 0 Å². The van der Waals surface area contributed by atoms with Crippen LogP contribution in [-0.4, -0.2) is 14.4 Å². The van der Waals surface area contributed by atoms with E-state index in [0.29, 0.717) is 0 Å². The molecule has 0 atom stereocenters. The summed E-state index contributed by atoms with van der Waals surface area (Å²) in [7, 11) is 0. The van der Waals surface area contributed by atoms with E-state index in [0.717, 1.165) is 11.1 Å². The molecule has 0 N–H and O–H groups in total. The number of nitrogens with zero attached hydrogens (tertiary/aromatic N) is 2. The van der Waals surface area contributed by atoms with Crippen LogP contribution in [0.1, 0.15) is 11.1 Å². The molecule has 0 unspecified atom stereocenters. The summed E-state index contributed by atoms with van der Waals surface area (Å²) in [4.78, 5) is 20.1. The Morgan fingerprint density at radius 3 is 1.32 bits per heavy atom. The van der Waals surface area contributed by atoms with Crippen molar-refractivity contribution in [1.29, 1.82) is 0 Å². The van der Waals surface area contributed by atoms with Crippen molar-refractivity contribution in [3.8, 4) is 0 Å². The lowest BCUT2D eigenvalue weighted by Crippen LogP contribution is -2.07. The normalized spacial score (nSPS) is 10.6. The molecule has 0 heterocycles. The van der Waals surface area contributed by atoms with Crippen molar-refractivity contribution in [2.24, 2.45) is 0 Å². The standard InChI is InChI=1S/C14H12N2O5S/c17-15(18)13-5-1-11(2-6-13)9-22(21)10-12-3-7-14(8-4-12)16(19)20/h1-8H,9-10H2. The lowest BCUT2D eigenvalue weighted by atomic mass is 10.2. The SMILES string of the molecule is O=[N+]([O-])c1ccc(C[S+]([O-])Cc2ccc([N+](=O)[O-])cc2)cc1. The number of rotatable bonds is 6. The summed E-state index contributed by atoms with van der Waals surface area (Å²) in [6.07, 6.45) is 0. The van der Waals surface area contributed by atoms with Gasteiger partial charge in [0.15, 0.2) is 0 Å². The average Bonchev–Trinajstić information content (AvgIpc) is 2.48. The minimum atomic E-state index is -1.20. The van der Waals surface area contributed by atoms with Crippen LogP contribution in [0.15, 0.2) is 48.5 Å². The zero-order valence-electron chi connectivity index (χ0n) is 11.4. The molecule has 8 heteroatoms. The molecule has 2 rings (SSSR count). The number of nitro groups is 2. The van der Waals surface area contributed by atoms with Gasteiger partial charge < -0.3 is 4.55 Å². The molecular weight excluding hydrogens is 308 g/mol. The Balaban J connectivity index is 1.95. The van der Waals surface area contributed by atoms with Crippen LogP contribution in [0.4, 0.5) is 11.4 Å². The summed E-state index contributed by atoms with van der Waals surface area (Å²) in [6, 6.07) is 11.8. The minimum absolute atomic E-state index is 0.00935. The first-order valence-electron chi connectivity index (χ1n) is 6.27. The molecule has 0 bridgehead atoms. The van der Waals surface area contributed by atoms with Crippen molar-refractivity contribution in [3.63, 3.8) is 0 Å². The minimum Gasteiger partial charge on any atom is -0.616 e. The van der Waals surface area contributed by atoms with Crippen molar-refractivity contribution >= 4 is 22.6 Å². The van der Waals surface area contributed by atoms with E-state index in [9.17, 15) is 24.8 Å². The molecule has 0 amide bonds. The zero-order valence-corrected chi connectivity index (χ0v) is 12.2. The molecule has 0 fully saturated rings. The van der Waals surface area contributed by atoms with Crippen LogP contribution in [0.25, 0.3) is 0 Å². The molecule has 0 saturated carbocycles. The average molecular weight is 320 g/mol. The van der Waals surface area contributed by atoms with Crippen LogP contribution in [0, 0.1) is 20.2 Å². The van der Waals surface area contributed by atoms with E-state index in [4.69, 9.17) is 0 Å². The lowest BCUT2D eigenvalue weighted by Gasteiger charge is -2.11. The van der Waals surface area contributed by atoms with Crippen LogP contribution in [0.2, 0.25) is 0 Å². The van der Waals surface area contributed by atoms with Gasteiger partial charge in [-0.15, -0.1) is 0 Å². The monoisotopic (exact) mass is 320 g/mol. The van der Waals surface area contributed by atoms with Crippen LogP contribution < -0.4 is 0 Å². The third-order valence-electron chi connectivity index (χ3n) is 2.95. The highest BCUT2D eigenvalue weighted by molar-refractivity contribution is 7.89. The molecule has 0 spiro atoms. The Bertz CT molecular complexity index is 613. The largest absolute Gasteiger partial charge is 0.616 e. The molecule has 0 aliphatic rings. The smallest absolute Gasteiger partial charge is 0.269 e. The Morgan fingerprint density at radius 1 is 0.727 bits per heavy atom. The van der Waals surface area contributed by atoms with Gasteiger partial charge >= 0.3 is 0 Å². The first-order chi connectivity index (χ1) is 10.5. The maximum atomic E-state index is 12.1. The number of nitro benzene ring substituents is 2. The van der Waals surface area contributed by atoms with Gasteiger partial charge in [-0.05, 0) is 35.4 Å². The predicted octanol–water partition coefficient (Wildman–Crippen LogP) is 2.95. The van der Waals surface area contributed by atoms with Crippen molar-refractivity contribution in [1.82, 2.24) is 0 Å². The molecule has 22 heavy (non-hydrogen) atoms. The van der Waals surface area contributed by atoms with Crippen LogP contribution in [0.5, 0.6) is 0 Å². The van der Waals surface area contributed by atoms with Gasteiger partial charge in [0.1, 0.15) is 11.5 Å². The van der Waals surface area contributed by atoms with E-state index >= 15 is 0 Å². The van der Waals surface area contributed by atoms with Crippen LogP contribution >= 0.6 is 0 Å². The molecule has 0 aliphatic heterocycles. The van der Waals surface area contributed by atoms with E-state index in [1.165, 1.54) is 24.3 Å². The van der Waals surface area contributed by atoms with Gasteiger partial charge in [0.05, 0.1) is 9.85 Å². The summed E-state index contributed by atoms with van der Waals surface area (Å²) in [5.74, 6) is 0.546. The lowest BCUT2D eigenvalue weighted by molar-refractivity contribution is -0.385. The summed E-state index contributed by atoms with van der Waals surface area (Å²) >= 11 is -1.20. The van der Waals surface area contributed by atoms with Gasteiger partial charge in [0.25, 0.3) is 11.4 Å². The molecule has 7 nitrogen and oxygen atoms in total. The van der Waals surface area contributed by atoms with Crippen molar-refractivity contribution in [2.45, 2.75) is 11.5 Å². The van der Waals surface area contributed by atoms with E-state index in [2.05, 4.69) is 0 Å². The third kappa shape index (κ3) is 4.27. The fourth-order valence-electron chi connectivity index (χ4n) is 1.85. The Morgan fingerprint density at radius 2 is 1.05 bits per heavy atom. The van der Waals surface area contributed by atoms with Gasteiger partial charge in [0, 0.05) is 35.4 Å². The highest BCUT2D eigenvalue weighted by Crippen LogP contribution is 2.18. The van der Waals surface area contributed by atoms with Crippen molar-refractivity contribution in [3.05, 3.63) is 79.9 Å². The molecular formula is C14H12N2O5S. The molecule has 0 radical (unpaired) electrons. The highest BCUT2D eigenvalue weighted by Gasteiger charge is 2.12. The highest BCUT2D eigenvalue weighted by atomic mass is 32.2. The van der Waals surface area contributed by atoms with E-state index in [-0.39, 0.29) is 22.9 Å². The number of non-ortho nitro benzene ring substituents is 2. The van der Waals surface area contributed by atoms with E-state index in [1.54, 1.807) is 24.3 Å². The van der Waals surface area contributed by atoms with Gasteiger partial charge in [-0.3, -0.25) is 20.2 Å². The molecule has 0 aliphatic carbocycles. The summed E-state index contributed by atoms with van der Waals surface area (Å²) < 4.78 is 12.1. The number of hydrogen-bond acceptors (Lipinski definition) is 5. The summed E-state index contributed by atoms with van der Waals surface area (Å²) in [5, 5.41) is 21.1. The summed E-state index contributed by atoms with van der Waals surface area (Å²) in [6.45, 7) is 0. The second-order valence-electron chi connectivity index (χ2n) is 4.58. The van der Waals surface area contributed by atoms with Gasteiger partial charge in [0.2, 0.25) is 0 Å². The van der Waals surface area contributed by atoms with Gasteiger partial charge in [-0.25, -0.2) is 0 Å². The second kappa shape index (κ2) is 7.01. The molecule has 2 aromatic rings. The molecule has 0 aromatic heterocycles. The maximum absolute atomic E-state index is 12.1. The van der Waals surface area contributed by atoms with E-state index in [1.807, 2.05) is 0 Å². The van der Waals surface area contributed by atoms with Crippen molar-refractivity contribution in [2.75, 3.05) is 0 Å². The van der Waals surface area contributed by atoms with Crippen molar-refractivity contribution < 1.29 is 14.4 Å². The predicted molar refractivity (Wildman–Crippen MR) is 81.7 cm³/mol. The van der Waals surface area contributed by atoms with Crippen LogP contribution in [0.3, 0.4) is 0 Å². The maximum Gasteiger partial charge on any atom is 0.269 e. The Labute approximate surface area is 129 Å². The van der Waals surface area contributed by atoms with Gasteiger partial charge in [-0.2, -0.15) is 0 Å². The summed E-state index contributed by atoms with van der Waals surface area (Å²) in [5.41, 5.74) is 1.46.